The molecule has 0 radical (unpaired) electrons. The zero-order valence-electron chi connectivity index (χ0n) is 23.5. The molecule has 0 aromatic heterocycles. The Labute approximate surface area is 254 Å². The highest BCUT2D eigenvalue weighted by Gasteiger charge is 2.60. The molecule has 1 fully saturated rings. The first-order valence-corrected chi connectivity index (χ1v) is 14.2. The molecule has 12 nitrogen and oxygen atoms in total. The minimum Gasteiger partial charge on any atom is -0.508 e. The molecule has 228 valence electrons. The second-order valence-corrected chi connectivity index (χ2v) is 11.7. The number of aliphatic hydroxyl groups excluding tert-OH is 2. The Morgan fingerprint density at radius 1 is 0.822 bits per heavy atom. The maximum atomic E-state index is 14.0. The predicted octanol–water partition coefficient (Wildman–Crippen LogP) is 3.22. The second-order valence-electron chi connectivity index (χ2n) is 11.7. The Kier molecular flexibility index (Phi) is 5.57. The summed E-state index contributed by atoms with van der Waals surface area (Å²) in [5, 5.41) is 46.1. The molecule has 0 bridgehead atoms. The van der Waals surface area contributed by atoms with E-state index in [9.17, 15) is 34.8 Å². The van der Waals surface area contributed by atoms with Gasteiger partial charge in [0, 0.05) is 23.5 Å². The van der Waals surface area contributed by atoms with Gasteiger partial charge < -0.3 is 45.1 Å². The molecule has 3 aromatic carbocycles. The molecule has 3 atom stereocenters. The van der Waals surface area contributed by atoms with E-state index in [1.165, 1.54) is 0 Å². The van der Waals surface area contributed by atoms with Gasteiger partial charge in [0.25, 0.3) is 5.91 Å². The minimum atomic E-state index is -2.65. The monoisotopic (exact) mass is 611 g/mol. The van der Waals surface area contributed by atoms with E-state index < -0.39 is 58.4 Å². The number of phenolic OH excluding ortho intramolecular Hbond substituents is 1. The van der Waals surface area contributed by atoms with E-state index in [1.807, 2.05) is 6.07 Å². The van der Waals surface area contributed by atoms with Gasteiger partial charge in [-0.3, -0.25) is 14.4 Å². The van der Waals surface area contributed by atoms with Gasteiger partial charge in [0.1, 0.15) is 22.8 Å². The number of amides is 1. The van der Waals surface area contributed by atoms with Crippen LogP contribution in [0.15, 0.2) is 59.4 Å². The van der Waals surface area contributed by atoms with E-state index in [-0.39, 0.29) is 43.3 Å². The Hall–Kier alpha value is -5.49. The lowest BCUT2D eigenvalue weighted by Crippen LogP contribution is -2.58. The van der Waals surface area contributed by atoms with Crippen molar-refractivity contribution in [2.75, 3.05) is 13.6 Å². The number of rotatable bonds is 3. The number of ether oxygens (including phenoxy) is 4. The van der Waals surface area contributed by atoms with Crippen molar-refractivity contribution in [1.29, 1.82) is 0 Å². The minimum absolute atomic E-state index is 0.0220. The highest BCUT2D eigenvalue weighted by molar-refractivity contribution is 6.22. The lowest BCUT2D eigenvalue weighted by atomic mass is 9.59. The predicted molar refractivity (Wildman–Crippen MR) is 155 cm³/mol. The van der Waals surface area contributed by atoms with Crippen LogP contribution in [-0.4, -0.2) is 57.1 Å². The van der Waals surface area contributed by atoms with Crippen LogP contribution in [0, 0.1) is 11.8 Å². The maximum absolute atomic E-state index is 14.0. The molecule has 12 heteroatoms. The van der Waals surface area contributed by atoms with E-state index in [4.69, 9.17) is 24.7 Å². The average Bonchev–Trinajstić information content (AvgIpc) is 3.68. The van der Waals surface area contributed by atoms with Crippen molar-refractivity contribution in [2.45, 2.75) is 24.9 Å². The molecule has 45 heavy (non-hydrogen) atoms. The van der Waals surface area contributed by atoms with Crippen LogP contribution >= 0.6 is 0 Å². The number of ketones is 2. The smallest absolute Gasteiger partial charge is 0.255 e. The van der Waals surface area contributed by atoms with Crippen molar-refractivity contribution in [3.05, 3.63) is 70.5 Å². The number of aromatic hydroxyl groups is 1. The second kappa shape index (κ2) is 9.26. The van der Waals surface area contributed by atoms with E-state index in [1.54, 1.807) is 36.4 Å². The number of hydrogen-bond donors (Lipinski definition) is 5. The third-order valence-corrected chi connectivity index (χ3v) is 9.43. The Bertz CT molecular complexity index is 1980. The van der Waals surface area contributed by atoms with Gasteiger partial charge in [0.2, 0.25) is 19.4 Å². The maximum Gasteiger partial charge on any atom is 0.255 e. The molecule has 1 saturated carbocycles. The van der Waals surface area contributed by atoms with Crippen LogP contribution in [0.4, 0.5) is 0 Å². The number of nitrogens with two attached hydrogens (primary N) is 1. The molecule has 2 heterocycles. The van der Waals surface area contributed by atoms with E-state index in [2.05, 4.69) is 0 Å². The molecular weight excluding hydrogens is 586 g/mol. The number of hydrogen-bond acceptors (Lipinski definition) is 11. The summed E-state index contributed by atoms with van der Waals surface area (Å²) in [6.45, 7) is 0.107. The first-order chi connectivity index (χ1) is 21.6. The molecule has 6 N–H and O–H groups in total. The summed E-state index contributed by atoms with van der Waals surface area (Å²) in [7, 11) is 0. The largest absolute Gasteiger partial charge is 0.508 e. The lowest BCUT2D eigenvalue weighted by molar-refractivity contribution is -0.147. The number of fused-ring (bicyclic) bond motifs is 5. The van der Waals surface area contributed by atoms with Gasteiger partial charge in [-0.25, -0.2) is 0 Å². The molecule has 3 aromatic rings. The summed E-state index contributed by atoms with van der Waals surface area (Å²) in [4.78, 5) is 38.7. The summed E-state index contributed by atoms with van der Waals surface area (Å²) in [5.74, 6) is -4.81. The summed E-state index contributed by atoms with van der Waals surface area (Å²) in [5.41, 5.74) is 4.26. The van der Waals surface area contributed by atoms with Gasteiger partial charge in [-0.1, -0.05) is 12.1 Å². The quantitative estimate of drug-likeness (QED) is 0.273. The molecule has 0 saturated heterocycles. The van der Waals surface area contributed by atoms with Crippen LogP contribution in [0.2, 0.25) is 0 Å². The number of carbonyl (C=O) groups is 3. The van der Waals surface area contributed by atoms with Crippen molar-refractivity contribution < 1.29 is 53.8 Å². The number of primary amides is 1. The van der Waals surface area contributed by atoms with E-state index >= 15 is 0 Å². The molecule has 0 spiro atoms. The Morgan fingerprint density at radius 2 is 1.42 bits per heavy atom. The lowest BCUT2D eigenvalue weighted by Gasteiger charge is -2.46. The molecule has 1 amide bonds. The SMILES string of the molecule is NC(=O)C1=C(O)C2(O)C(=O)C3=C(O)c4c(O)c(-c5ccc6c(c5)OCO6)cc(-c5ccc6c(c5)OCO6)c4CC3CC2CC1=O. The van der Waals surface area contributed by atoms with Gasteiger partial charge in [-0.15, -0.1) is 0 Å². The molecule has 3 unspecified atom stereocenters. The van der Waals surface area contributed by atoms with Gasteiger partial charge in [0.15, 0.2) is 34.4 Å². The van der Waals surface area contributed by atoms with E-state index in [0.717, 1.165) is 0 Å². The van der Waals surface area contributed by atoms with Crippen LogP contribution < -0.4 is 24.7 Å². The van der Waals surface area contributed by atoms with Crippen molar-refractivity contribution in [1.82, 2.24) is 0 Å². The fourth-order valence-corrected chi connectivity index (χ4v) is 7.29. The number of carbonyl (C=O) groups excluding carboxylic acids is 3. The zero-order chi connectivity index (χ0) is 31.4. The Balaban J connectivity index is 1.36. The standard InChI is InChI=1S/C33H25NO11/c34-32(40)27-20(35)9-16-5-15-6-19-17(13-1-3-21-23(7-13)44-11-42-21)10-18(14-2-4-22-24(8-14)45-12-43-22)28(36)26(19)29(37)25(15)30(38)33(16,41)31(27)39/h1-4,7-8,10,15-16,36-37,39,41H,5-6,9,11-12H2,(H2,34,40). The summed E-state index contributed by atoms with van der Waals surface area (Å²) < 4.78 is 22.1. The van der Waals surface area contributed by atoms with Gasteiger partial charge >= 0.3 is 0 Å². The topological polar surface area (TPSA) is 195 Å². The van der Waals surface area contributed by atoms with Crippen molar-refractivity contribution in [3.63, 3.8) is 0 Å². The summed E-state index contributed by atoms with van der Waals surface area (Å²) in [6.07, 6.45) is -0.230. The van der Waals surface area contributed by atoms with Gasteiger partial charge in [-0.05, 0) is 71.3 Å². The van der Waals surface area contributed by atoms with Crippen molar-refractivity contribution in [3.8, 4) is 51.0 Å². The van der Waals surface area contributed by atoms with Gasteiger partial charge in [0.05, 0.1) is 5.56 Å². The van der Waals surface area contributed by atoms with Crippen LogP contribution in [0.1, 0.15) is 24.0 Å². The zero-order valence-corrected chi connectivity index (χ0v) is 23.5. The van der Waals surface area contributed by atoms with Gasteiger partial charge in [-0.2, -0.15) is 0 Å². The van der Waals surface area contributed by atoms with Crippen LogP contribution in [0.5, 0.6) is 28.7 Å². The van der Waals surface area contributed by atoms with Crippen LogP contribution in [-0.2, 0) is 20.8 Å². The summed E-state index contributed by atoms with van der Waals surface area (Å²) in [6, 6.07) is 12.2. The number of Topliss-reactive ketones (excluding diaryl/α,β-unsaturated/α-hetero) is 2. The average molecular weight is 612 g/mol. The molecule has 8 rings (SSSR count). The molecule has 2 aliphatic heterocycles. The molecule has 5 aliphatic rings. The van der Waals surface area contributed by atoms with E-state index in [0.29, 0.717) is 50.8 Å². The normalized spacial score (nSPS) is 24.4. The molecular formula is C33H25NO11. The van der Waals surface area contributed by atoms with Crippen LogP contribution in [0.3, 0.4) is 0 Å². The fourth-order valence-electron chi connectivity index (χ4n) is 7.29. The highest BCUT2D eigenvalue weighted by atomic mass is 16.7. The number of aliphatic hydroxyl groups is 3. The first kappa shape index (κ1) is 27.1. The fraction of sp³-hybridized carbons (Fsp3) is 0.242. The van der Waals surface area contributed by atoms with Crippen molar-refractivity contribution in [2.24, 2.45) is 17.6 Å². The Morgan fingerprint density at radius 3 is 2.04 bits per heavy atom. The summed E-state index contributed by atoms with van der Waals surface area (Å²) >= 11 is 0. The number of benzene rings is 3. The molecule has 3 aliphatic carbocycles. The number of phenols is 1. The third kappa shape index (κ3) is 3.65. The van der Waals surface area contributed by atoms with Crippen LogP contribution in [0.25, 0.3) is 28.0 Å². The third-order valence-electron chi connectivity index (χ3n) is 9.43. The highest BCUT2D eigenvalue weighted by Crippen LogP contribution is 2.55. The van der Waals surface area contributed by atoms with Crippen molar-refractivity contribution >= 4 is 23.2 Å². The first-order valence-electron chi connectivity index (χ1n) is 14.2.